The zero-order valence-electron chi connectivity index (χ0n) is 15.1. The third-order valence-corrected chi connectivity index (χ3v) is 5.53. The van der Waals surface area contributed by atoms with Gasteiger partial charge in [0.05, 0.1) is 0 Å². The van der Waals surface area contributed by atoms with Crippen molar-refractivity contribution in [1.82, 2.24) is 15.0 Å². The number of aliphatic hydroxyl groups is 1. The summed E-state index contributed by atoms with van der Waals surface area (Å²) in [5.74, 6) is 7.07. The number of hydrogen-bond acceptors (Lipinski definition) is 7. The van der Waals surface area contributed by atoms with E-state index in [1.54, 1.807) is 19.3 Å². The maximum absolute atomic E-state index is 10.6. The molecular formula is C20H19N5OS. The third-order valence-electron chi connectivity index (χ3n) is 4.40. The van der Waals surface area contributed by atoms with Gasteiger partial charge in [0.2, 0.25) is 5.95 Å². The second-order valence-electron chi connectivity index (χ2n) is 6.62. The van der Waals surface area contributed by atoms with Crippen molar-refractivity contribution in [1.29, 1.82) is 0 Å². The lowest BCUT2D eigenvalue weighted by molar-refractivity contribution is 0.122. The average Bonchev–Trinajstić information content (AvgIpc) is 3.26. The van der Waals surface area contributed by atoms with Crippen LogP contribution in [0.3, 0.4) is 0 Å². The zero-order valence-corrected chi connectivity index (χ0v) is 15.9. The van der Waals surface area contributed by atoms with Crippen molar-refractivity contribution in [3.8, 4) is 11.8 Å². The average molecular weight is 377 g/mol. The summed E-state index contributed by atoms with van der Waals surface area (Å²) in [6.45, 7) is 4.46. The van der Waals surface area contributed by atoms with Gasteiger partial charge in [-0.3, -0.25) is 0 Å². The van der Waals surface area contributed by atoms with Gasteiger partial charge in [-0.1, -0.05) is 17.9 Å². The number of aromatic nitrogens is 3. The van der Waals surface area contributed by atoms with Crippen molar-refractivity contribution in [3.05, 3.63) is 57.7 Å². The smallest absolute Gasteiger partial charge is 0.221 e. The third kappa shape index (κ3) is 3.50. The molecule has 0 bridgehead atoms. The molecule has 1 aliphatic heterocycles. The van der Waals surface area contributed by atoms with Gasteiger partial charge in [0.15, 0.2) is 5.60 Å². The minimum Gasteiger partial charge on any atom is -0.371 e. The molecule has 0 spiro atoms. The summed E-state index contributed by atoms with van der Waals surface area (Å²) < 4.78 is 0. The van der Waals surface area contributed by atoms with Crippen LogP contribution < -0.4 is 10.6 Å². The predicted molar refractivity (Wildman–Crippen MR) is 107 cm³/mol. The van der Waals surface area contributed by atoms with Crippen LogP contribution in [0.4, 0.5) is 17.5 Å². The van der Waals surface area contributed by atoms with Crippen LogP contribution >= 0.6 is 11.3 Å². The molecule has 1 atom stereocenters. The van der Waals surface area contributed by atoms with Crippen LogP contribution in [0.25, 0.3) is 0 Å². The summed E-state index contributed by atoms with van der Waals surface area (Å²) >= 11 is 1.45. The zero-order chi connectivity index (χ0) is 19.0. The Bertz CT molecular complexity index is 1060. The standard InChI is InChI=1S/C20H19N5OS/c1-13-12-23-18(27-13)20(2,26)8-5-14-3-4-15-7-10-25(16(15)11-14)17-6-9-22-19(21)24-17/h3-4,6,9,11-12,26H,7,10H2,1-2H3,(H2,21,22,24). The monoisotopic (exact) mass is 377 g/mol. The molecule has 27 heavy (non-hydrogen) atoms. The van der Waals surface area contributed by atoms with Crippen molar-refractivity contribution >= 4 is 28.8 Å². The second kappa shape index (κ2) is 6.65. The Hall–Kier alpha value is -2.95. The van der Waals surface area contributed by atoms with Crippen molar-refractivity contribution < 1.29 is 5.11 Å². The van der Waals surface area contributed by atoms with Crippen LogP contribution in [-0.4, -0.2) is 26.6 Å². The molecular weight excluding hydrogens is 358 g/mol. The summed E-state index contributed by atoms with van der Waals surface area (Å²) in [5.41, 5.74) is 7.57. The van der Waals surface area contributed by atoms with Gasteiger partial charge in [-0.05, 0) is 44.0 Å². The quantitative estimate of drug-likeness (QED) is 0.668. The first kappa shape index (κ1) is 17.5. The fourth-order valence-electron chi connectivity index (χ4n) is 3.04. The Morgan fingerprint density at radius 2 is 2.15 bits per heavy atom. The molecule has 0 saturated carbocycles. The first-order chi connectivity index (χ1) is 12.9. The number of thiazole rings is 1. The Balaban J connectivity index is 1.65. The van der Waals surface area contributed by atoms with Gasteiger partial charge in [0, 0.05) is 35.1 Å². The van der Waals surface area contributed by atoms with Crippen molar-refractivity contribution in [3.63, 3.8) is 0 Å². The molecule has 3 N–H and O–H groups in total. The molecule has 6 nitrogen and oxygen atoms in total. The molecule has 0 saturated heterocycles. The van der Waals surface area contributed by atoms with Gasteiger partial charge in [0.1, 0.15) is 10.8 Å². The Kier molecular flexibility index (Phi) is 4.30. The van der Waals surface area contributed by atoms with Gasteiger partial charge in [0.25, 0.3) is 0 Å². The Morgan fingerprint density at radius 3 is 2.89 bits per heavy atom. The van der Waals surface area contributed by atoms with E-state index >= 15 is 0 Å². The van der Waals surface area contributed by atoms with Crippen LogP contribution in [-0.2, 0) is 12.0 Å². The van der Waals surface area contributed by atoms with Crippen molar-refractivity contribution in [2.75, 3.05) is 17.2 Å². The largest absolute Gasteiger partial charge is 0.371 e. The summed E-state index contributed by atoms with van der Waals surface area (Å²) in [7, 11) is 0. The fourth-order valence-corrected chi connectivity index (χ4v) is 3.80. The minimum absolute atomic E-state index is 0.256. The minimum atomic E-state index is -1.28. The molecule has 0 fully saturated rings. The van der Waals surface area contributed by atoms with Crippen LogP contribution in [0.5, 0.6) is 0 Å². The van der Waals surface area contributed by atoms with Gasteiger partial charge in [-0.2, -0.15) is 4.98 Å². The van der Waals surface area contributed by atoms with Crippen LogP contribution in [0.15, 0.2) is 36.7 Å². The lowest BCUT2D eigenvalue weighted by Gasteiger charge is -2.18. The van der Waals surface area contributed by atoms with Crippen LogP contribution in [0.1, 0.15) is 27.9 Å². The summed E-state index contributed by atoms with van der Waals surface area (Å²) in [5, 5.41) is 11.3. The van der Waals surface area contributed by atoms with E-state index in [1.165, 1.54) is 16.9 Å². The molecule has 136 valence electrons. The van der Waals surface area contributed by atoms with Gasteiger partial charge < -0.3 is 15.7 Å². The van der Waals surface area contributed by atoms with Gasteiger partial charge >= 0.3 is 0 Å². The fraction of sp³-hybridized carbons (Fsp3) is 0.250. The number of benzene rings is 1. The van der Waals surface area contributed by atoms with E-state index in [1.807, 2.05) is 25.1 Å². The lowest BCUT2D eigenvalue weighted by Crippen LogP contribution is -2.18. The number of anilines is 3. The van der Waals surface area contributed by atoms with Gasteiger partial charge in [-0.15, -0.1) is 11.3 Å². The van der Waals surface area contributed by atoms with E-state index in [0.717, 1.165) is 34.9 Å². The van der Waals surface area contributed by atoms with Crippen LogP contribution in [0.2, 0.25) is 0 Å². The molecule has 1 unspecified atom stereocenters. The van der Waals surface area contributed by atoms with Gasteiger partial charge in [-0.25, -0.2) is 9.97 Å². The molecule has 1 aromatic carbocycles. The van der Waals surface area contributed by atoms with Crippen LogP contribution in [0, 0.1) is 18.8 Å². The number of nitrogens with zero attached hydrogens (tertiary/aromatic N) is 4. The van der Waals surface area contributed by atoms with E-state index in [4.69, 9.17) is 5.73 Å². The van der Waals surface area contributed by atoms with E-state index in [9.17, 15) is 5.11 Å². The normalized spacial score (nSPS) is 15.0. The molecule has 1 aliphatic rings. The number of hydrogen-bond donors (Lipinski definition) is 2. The number of nitrogen functional groups attached to an aromatic ring is 1. The van der Waals surface area contributed by atoms with E-state index < -0.39 is 5.60 Å². The van der Waals surface area contributed by atoms with E-state index in [0.29, 0.717) is 5.01 Å². The highest BCUT2D eigenvalue weighted by atomic mass is 32.1. The topological polar surface area (TPSA) is 88.2 Å². The SMILES string of the molecule is Cc1cnc(C(C)(O)C#Cc2ccc3c(c2)N(c2ccnc(N)n2)CC3)s1. The molecule has 0 aliphatic carbocycles. The van der Waals surface area contributed by atoms with Crippen molar-refractivity contribution in [2.45, 2.75) is 25.9 Å². The first-order valence-electron chi connectivity index (χ1n) is 8.60. The molecule has 0 amide bonds. The molecule has 0 radical (unpaired) electrons. The summed E-state index contributed by atoms with van der Waals surface area (Å²) in [6.07, 6.45) is 4.34. The maximum Gasteiger partial charge on any atom is 0.221 e. The Labute approximate surface area is 161 Å². The number of nitrogens with two attached hydrogens (primary N) is 1. The molecule has 4 rings (SSSR count). The lowest BCUT2D eigenvalue weighted by atomic mass is 10.1. The number of aryl methyl sites for hydroxylation is 1. The first-order valence-corrected chi connectivity index (χ1v) is 9.41. The predicted octanol–water partition coefficient (Wildman–Crippen LogP) is 2.78. The highest BCUT2D eigenvalue weighted by Gasteiger charge is 2.24. The summed E-state index contributed by atoms with van der Waals surface area (Å²) in [6, 6.07) is 7.93. The molecule has 2 aromatic heterocycles. The highest BCUT2D eigenvalue weighted by molar-refractivity contribution is 7.11. The molecule has 7 heteroatoms. The summed E-state index contributed by atoms with van der Waals surface area (Å²) in [4.78, 5) is 15.7. The number of rotatable bonds is 2. The maximum atomic E-state index is 10.6. The second-order valence-corrected chi connectivity index (χ2v) is 7.85. The van der Waals surface area contributed by atoms with E-state index in [2.05, 4.69) is 37.8 Å². The van der Waals surface area contributed by atoms with Crippen molar-refractivity contribution in [2.24, 2.45) is 0 Å². The number of fused-ring (bicyclic) bond motifs is 1. The highest BCUT2D eigenvalue weighted by Crippen LogP contribution is 2.34. The van der Waals surface area contributed by atoms with E-state index in [-0.39, 0.29) is 5.95 Å². The molecule has 3 aromatic rings. The molecule has 3 heterocycles. The Morgan fingerprint density at radius 1 is 1.30 bits per heavy atom.